The molecule has 7 nitrogen and oxygen atoms in total. The third-order valence-corrected chi connectivity index (χ3v) is 5.63. The monoisotopic (exact) mass is 458 g/mol. The van der Waals surface area contributed by atoms with Gasteiger partial charge in [-0.2, -0.15) is 0 Å². The van der Waals surface area contributed by atoms with Gasteiger partial charge in [0.1, 0.15) is 0 Å². The average Bonchev–Trinajstić information content (AvgIpc) is 2.80. The van der Waals surface area contributed by atoms with Crippen LogP contribution in [0.1, 0.15) is 29.3 Å². The van der Waals surface area contributed by atoms with Crippen molar-refractivity contribution in [2.45, 2.75) is 19.9 Å². The smallest absolute Gasteiger partial charge is 0.338 e. The summed E-state index contributed by atoms with van der Waals surface area (Å²) in [4.78, 5) is 28.6. The molecule has 0 radical (unpaired) electrons. The maximum atomic E-state index is 12.1. The van der Waals surface area contributed by atoms with Crippen molar-refractivity contribution in [2.75, 3.05) is 51.2 Å². The van der Waals surface area contributed by atoms with E-state index in [0.29, 0.717) is 24.4 Å². The van der Waals surface area contributed by atoms with Gasteiger partial charge in [-0.15, -0.1) is 0 Å². The number of piperazine rings is 1. The number of halogens is 1. The summed E-state index contributed by atoms with van der Waals surface area (Å²) in [5.41, 5.74) is 2.38. The predicted molar refractivity (Wildman–Crippen MR) is 127 cm³/mol. The quantitative estimate of drug-likeness (QED) is 0.441. The third-order valence-electron chi connectivity index (χ3n) is 5.37. The molecule has 8 heteroatoms. The lowest BCUT2D eigenvalue weighted by Gasteiger charge is -2.34. The molecule has 0 saturated carbocycles. The summed E-state index contributed by atoms with van der Waals surface area (Å²) in [5, 5.41) is 6.44. The summed E-state index contributed by atoms with van der Waals surface area (Å²) in [6, 6.07) is 14.5. The van der Waals surface area contributed by atoms with E-state index in [-0.39, 0.29) is 12.0 Å². The van der Waals surface area contributed by atoms with Gasteiger partial charge in [-0.25, -0.2) is 9.59 Å². The van der Waals surface area contributed by atoms with Crippen LogP contribution in [0.3, 0.4) is 0 Å². The minimum absolute atomic E-state index is 0.248. The number of carbonyl (C=O) groups is 2. The number of nitrogens with zero attached hydrogens (tertiary/aromatic N) is 2. The molecular weight excluding hydrogens is 428 g/mol. The van der Waals surface area contributed by atoms with Crippen molar-refractivity contribution in [1.29, 1.82) is 0 Å². The number of nitrogens with one attached hydrogen (secondary N) is 2. The molecule has 0 atom stereocenters. The van der Waals surface area contributed by atoms with Crippen LogP contribution in [-0.2, 0) is 11.3 Å². The van der Waals surface area contributed by atoms with E-state index in [9.17, 15) is 9.59 Å². The summed E-state index contributed by atoms with van der Waals surface area (Å²) in [5.74, 6) is -0.366. The van der Waals surface area contributed by atoms with Crippen molar-refractivity contribution in [3.05, 3.63) is 64.7 Å². The second kappa shape index (κ2) is 12.4. The molecule has 0 aliphatic carbocycles. The Morgan fingerprint density at radius 3 is 2.28 bits per heavy atom. The number of urea groups is 1. The van der Waals surface area contributed by atoms with E-state index in [0.717, 1.165) is 50.7 Å². The molecule has 2 aromatic carbocycles. The Labute approximate surface area is 194 Å². The van der Waals surface area contributed by atoms with Crippen LogP contribution in [0.25, 0.3) is 0 Å². The molecule has 172 valence electrons. The first-order valence-corrected chi connectivity index (χ1v) is 11.4. The number of anilines is 1. The molecule has 2 N–H and O–H groups in total. The number of ether oxygens (including phenoxy) is 1. The number of hydrogen-bond donors (Lipinski definition) is 2. The lowest BCUT2D eigenvalue weighted by Crippen LogP contribution is -2.46. The molecule has 0 aromatic heterocycles. The van der Waals surface area contributed by atoms with Gasteiger partial charge in [-0.3, -0.25) is 4.90 Å². The van der Waals surface area contributed by atoms with Crippen LogP contribution in [0.4, 0.5) is 10.5 Å². The zero-order valence-corrected chi connectivity index (χ0v) is 19.2. The Kier molecular flexibility index (Phi) is 9.34. The molecule has 1 aliphatic rings. The van der Waals surface area contributed by atoms with Gasteiger partial charge in [0.2, 0.25) is 0 Å². The van der Waals surface area contributed by atoms with Gasteiger partial charge in [0.25, 0.3) is 0 Å². The summed E-state index contributed by atoms with van der Waals surface area (Å²) in [6.45, 7) is 8.77. The number of rotatable bonds is 9. The normalized spacial score (nSPS) is 14.7. The zero-order valence-electron chi connectivity index (χ0n) is 18.5. The molecule has 2 amide bonds. The Hall–Kier alpha value is -2.61. The Morgan fingerprint density at radius 1 is 0.969 bits per heavy atom. The number of hydrogen-bond acceptors (Lipinski definition) is 5. The van der Waals surface area contributed by atoms with Crippen LogP contribution >= 0.6 is 11.6 Å². The van der Waals surface area contributed by atoms with Crippen LogP contribution < -0.4 is 10.6 Å². The SMILES string of the molecule is CCOC(=O)c1ccc(NC(=O)NCCCN2CCN(Cc3ccc(Cl)cc3)CC2)cc1. The fourth-order valence-electron chi connectivity index (χ4n) is 3.60. The predicted octanol–water partition coefficient (Wildman–Crippen LogP) is 3.85. The Bertz CT molecular complexity index is 866. The van der Waals surface area contributed by atoms with E-state index in [2.05, 4.69) is 32.6 Å². The van der Waals surface area contributed by atoms with E-state index in [1.54, 1.807) is 31.2 Å². The second-order valence-electron chi connectivity index (χ2n) is 7.78. The molecule has 3 rings (SSSR count). The largest absolute Gasteiger partial charge is 0.462 e. The summed E-state index contributed by atoms with van der Waals surface area (Å²) >= 11 is 5.95. The maximum absolute atomic E-state index is 12.1. The highest BCUT2D eigenvalue weighted by Crippen LogP contribution is 2.13. The molecule has 1 saturated heterocycles. The first-order chi connectivity index (χ1) is 15.5. The van der Waals surface area contributed by atoms with Gasteiger partial charge in [0, 0.05) is 50.0 Å². The van der Waals surface area contributed by atoms with Gasteiger partial charge < -0.3 is 20.3 Å². The lowest BCUT2D eigenvalue weighted by atomic mass is 10.2. The van der Waals surface area contributed by atoms with Crippen molar-refractivity contribution < 1.29 is 14.3 Å². The molecule has 1 heterocycles. The number of amides is 2. The van der Waals surface area contributed by atoms with Gasteiger partial charge >= 0.3 is 12.0 Å². The fraction of sp³-hybridized carbons (Fsp3) is 0.417. The first kappa shape index (κ1) is 24.0. The minimum Gasteiger partial charge on any atom is -0.462 e. The van der Waals surface area contributed by atoms with E-state index >= 15 is 0 Å². The van der Waals surface area contributed by atoms with Gasteiger partial charge in [-0.1, -0.05) is 23.7 Å². The van der Waals surface area contributed by atoms with Crippen molar-refractivity contribution in [3.8, 4) is 0 Å². The van der Waals surface area contributed by atoms with E-state index < -0.39 is 0 Å². The molecule has 32 heavy (non-hydrogen) atoms. The maximum Gasteiger partial charge on any atom is 0.338 e. The molecule has 2 aromatic rings. The molecule has 0 bridgehead atoms. The molecule has 0 spiro atoms. The molecule has 1 aliphatic heterocycles. The highest BCUT2D eigenvalue weighted by molar-refractivity contribution is 6.30. The molecule has 0 unspecified atom stereocenters. The van der Waals surface area contributed by atoms with Gasteiger partial charge in [0.15, 0.2) is 0 Å². The van der Waals surface area contributed by atoms with E-state index in [1.807, 2.05) is 12.1 Å². The highest BCUT2D eigenvalue weighted by atomic mass is 35.5. The number of benzene rings is 2. The number of carbonyl (C=O) groups excluding carboxylic acids is 2. The topological polar surface area (TPSA) is 73.9 Å². The lowest BCUT2D eigenvalue weighted by molar-refractivity contribution is 0.0526. The Morgan fingerprint density at radius 2 is 1.62 bits per heavy atom. The van der Waals surface area contributed by atoms with Crippen LogP contribution in [0, 0.1) is 0 Å². The highest BCUT2D eigenvalue weighted by Gasteiger charge is 2.16. The van der Waals surface area contributed by atoms with Gasteiger partial charge in [-0.05, 0) is 61.9 Å². The zero-order chi connectivity index (χ0) is 22.8. The van der Waals surface area contributed by atoms with Crippen LogP contribution in [0.5, 0.6) is 0 Å². The van der Waals surface area contributed by atoms with Crippen LogP contribution in [0.15, 0.2) is 48.5 Å². The van der Waals surface area contributed by atoms with Crippen molar-refractivity contribution in [2.24, 2.45) is 0 Å². The van der Waals surface area contributed by atoms with Crippen LogP contribution in [0.2, 0.25) is 5.02 Å². The van der Waals surface area contributed by atoms with E-state index in [4.69, 9.17) is 16.3 Å². The van der Waals surface area contributed by atoms with Gasteiger partial charge in [0.05, 0.1) is 12.2 Å². The molecular formula is C24H31ClN4O3. The van der Waals surface area contributed by atoms with E-state index in [1.165, 1.54) is 5.56 Å². The third kappa shape index (κ3) is 7.82. The fourth-order valence-corrected chi connectivity index (χ4v) is 3.73. The van der Waals surface area contributed by atoms with Crippen LogP contribution in [-0.4, -0.2) is 67.7 Å². The number of esters is 1. The average molecular weight is 459 g/mol. The van der Waals surface area contributed by atoms with Crippen molar-refractivity contribution in [1.82, 2.24) is 15.1 Å². The second-order valence-corrected chi connectivity index (χ2v) is 8.21. The summed E-state index contributed by atoms with van der Waals surface area (Å²) in [7, 11) is 0. The molecule has 1 fully saturated rings. The summed E-state index contributed by atoms with van der Waals surface area (Å²) in [6.07, 6.45) is 0.895. The van der Waals surface area contributed by atoms with Crippen molar-refractivity contribution >= 4 is 29.3 Å². The summed E-state index contributed by atoms with van der Waals surface area (Å²) < 4.78 is 4.95. The van der Waals surface area contributed by atoms with Crippen molar-refractivity contribution in [3.63, 3.8) is 0 Å². The Balaban J connectivity index is 1.28. The first-order valence-electron chi connectivity index (χ1n) is 11.0. The standard InChI is InChI=1S/C24H31ClN4O3/c1-2-32-23(30)20-6-10-22(11-7-20)27-24(31)26-12-3-13-28-14-16-29(17-15-28)18-19-4-8-21(25)9-5-19/h4-11H,2-3,12-18H2,1H3,(H2,26,27,31). The minimum atomic E-state index is -0.366.